The summed E-state index contributed by atoms with van der Waals surface area (Å²) in [5.41, 5.74) is 1.84. The summed E-state index contributed by atoms with van der Waals surface area (Å²) in [5.74, 6) is -0.621. The molecule has 0 unspecified atom stereocenters. The zero-order valence-electron chi connectivity index (χ0n) is 15.8. The summed E-state index contributed by atoms with van der Waals surface area (Å²) in [5, 5.41) is 23.8. The molecule has 1 saturated heterocycles. The zero-order valence-corrected chi connectivity index (χ0v) is 18.1. The molecule has 4 rings (SSSR count). The number of alkyl halides is 1. The fraction of sp³-hybridized carbons (Fsp3) is 0.238. The van der Waals surface area contributed by atoms with Crippen molar-refractivity contribution >= 4 is 63.4 Å². The van der Waals surface area contributed by atoms with E-state index >= 15 is 0 Å². The predicted octanol–water partition coefficient (Wildman–Crippen LogP) is 4.87. The van der Waals surface area contributed by atoms with E-state index in [4.69, 9.17) is 23.2 Å². The van der Waals surface area contributed by atoms with Crippen LogP contribution in [0.4, 0.5) is 11.4 Å². The molecular weight excluding hydrogens is 445 g/mol. The van der Waals surface area contributed by atoms with Crippen molar-refractivity contribution in [2.75, 3.05) is 30.9 Å². The maximum atomic E-state index is 11.7. The highest BCUT2D eigenvalue weighted by Crippen LogP contribution is 2.43. The van der Waals surface area contributed by atoms with Crippen molar-refractivity contribution in [3.8, 4) is 0 Å². The topological polar surface area (TPSA) is 85.7 Å². The molecule has 0 aliphatic carbocycles. The number of pyridine rings is 1. The maximum Gasteiger partial charge on any atom is 0.337 e. The van der Waals surface area contributed by atoms with Gasteiger partial charge in [-0.3, -0.25) is 4.98 Å². The molecule has 1 aliphatic rings. The van der Waals surface area contributed by atoms with Crippen molar-refractivity contribution in [2.24, 2.45) is 5.41 Å². The fourth-order valence-electron chi connectivity index (χ4n) is 3.39. The third kappa shape index (κ3) is 4.08. The largest absolute Gasteiger partial charge is 0.478 e. The lowest BCUT2D eigenvalue weighted by atomic mass is 9.85. The molecule has 0 atom stereocenters. The summed E-state index contributed by atoms with van der Waals surface area (Å²) in [7, 11) is 0. The molecule has 0 bridgehead atoms. The number of halogens is 2. The summed E-state index contributed by atoms with van der Waals surface area (Å²) in [4.78, 5) is 17.0. The Balaban J connectivity index is 1.74. The Kier molecular flexibility index (Phi) is 6.09. The lowest BCUT2D eigenvalue weighted by Gasteiger charge is -2.47. The summed E-state index contributed by atoms with van der Waals surface area (Å²) in [6, 6.07) is 12.2. The van der Waals surface area contributed by atoms with Gasteiger partial charge in [0, 0.05) is 41.0 Å². The minimum Gasteiger partial charge on any atom is -0.478 e. The number of carbonyl (C=O) groups is 1. The number of carboxylic acid groups (broad SMARTS) is 1. The number of hydrogen-bond acceptors (Lipinski definition) is 6. The van der Waals surface area contributed by atoms with Crippen LogP contribution < -0.4 is 5.32 Å². The van der Waals surface area contributed by atoms with Crippen LogP contribution in [0.2, 0.25) is 5.02 Å². The third-order valence-electron chi connectivity index (χ3n) is 5.08. The molecule has 0 saturated carbocycles. The molecule has 156 valence electrons. The number of hydrogen-bond donors (Lipinski definition) is 3. The second kappa shape index (κ2) is 8.61. The normalized spacial score (nSPS) is 15.7. The van der Waals surface area contributed by atoms with E-state index in [2.05, 4.69) is 14.6 Å². The Labute approximate surface area is 187 Å². The Bertz CT molecular complexity index is 1100. The molecule has 3 N–H and O–H groups in total. The SMILES string of the molecule is O=C(O)c1ccccc1Nc1c(SN2CC(CO)(CCl)C2)cnc2ccc(Cl)cc12. The number of aromatic carboxylic acids is 1. The van der Waals surface area contributed by atoms with E-state index in [9.17, 15) is 15.0 Å². The van der Waals surface area contributed by atoms with Gasteiger partial charge in [0.25, 0.3) is 0 Å². The smallest absolute Gasteiger partial charge is 0.337 e. The Morgan fingerprint density at radius 3 is 2.73 bits per heavy atom. The molecule has 3 aromatic rings. The van der Waals surface area contributed by atoms with E-state index in [0.29, 0.717) is 29.7 Å². The number of aliphatic hydroxyl groups excluding tert-OH is 1. The molecule has 1 aromatic heterocycles. The van der Waals surface area contributed by atoms with Crippen molar-refractivity contribution in [3.63, 3.8) is 0 Å². The Morgan fingerprint density at radius 1 is 1.27 bits per heavy atom. The molecule has 0 amide bonds. The zero-order chi connectivity index (χ0) is 21.3. The van der Waals surface area contributed by atoms with Crippen LogP contribution in [0.15, 0.2) is 53.6 Å². The van der Waals surface area contributed by atoms with Crippen molar-refractivity contribution < 1.29 is 15.0 Å². The molecule has 30 heavy (non-hydrogen) atoms. The van der Waals surface area contributed by atoms with E-state index in [0.717, 1.165) is 21.5 Å². The van der Waals surface area contributed by atoms with Gasteiger partial charge in [0.2, 0.25) is 0 Å². The van der Waals surface area contributed by atoms with Crippen LogP contribution in [0.5, 0.6) is 0 Å². The first-order valence-electron chi connectivity index (χ1n) is 9.22. The third-order valence-corrected chi connectivity index (χ3v) is 6.91. The van der Waals surface area contributed by atoms with Crippen LogP contribution in [0, 0.1) is 5.41 Å². The number of anilines is 2. The molecule has 2 aromatic carbocycles. The standard InChI is InChI=1S/C21H19Cl2N3O3S/c22-9-21(12-27)10-26(11-21)30-18-8-24-16-6-5-13(23)7-15(16)19(18)25-17-4-2-1-3-14(17)20(28)29/h1-8,27H,9-12H2,(H,24,25)(H,28,29). The monoisotopic (exact) mass is 463 g/mol. The molecule has 0 radical (unpaired) electrons. The molecule has 6 nitrogen and oxygen atoms in total. The average molecular weight is 464 g/mol. The highest BCUT2D eigenvalue weighted by Gasteiger charge is 2.42. The molecule has 9 heteroatoms. The predicted molar refractivity (Wildman–Crippen MR) is 121 cm³/mol. The van der Waals surface area contributed by atoms with Gasteiger partial charge in [-0.25, -0.2) is 9.10 Å². The van der Waals surface area contributed by atoms with Gasteiger partial charge in [-0.1, -0.05) is 23.7 Å². The van der Waals surface area contributed by atoms with E-state index in [1.54, 1.807) is 36.5 Å². The van der Waals surface area contributed by atoms with Gasteiger partial charge in [-0.2, -0.15) is 0 Å². The first kappa shape index (κ1) is 21.2. The molecule has 2 heterocycles. The van der Waals surface area contributed by atoms with E-state index in [1.165, 1.54) is 11.9 Å². The summed E-state index contributed by atoms with van der Waals surface area (Å²) in [6.07, 6.45) is 1.76. The summed E-state index contributed by atoms with van der Waals surface area (Å²) in [6.45, 7) is 1.34. The second-order valence-corrected chi connectivity index (χ2v) is 9.16. The van der Waals surface area contributed by atoms with Crippen molar-refractivity contribution in [1.82, 2.24) is 9.29 Å². The van der Waals surface area contributed by atoms with Gasteiger partial charge in [0.1, 0.15) is 0 Å². The van der Waals surface area contributed by atoms with E-state index < -0.39 is 5.97 Å². The van der Waals surface area contributed by atoms with Crippen molar-refractivity contribution in [1.29, 1.82) is 0 Å². The highest BCUT2D eigenvalue weighted by molar-refractivity contribution is 7.97. The lowest BCUT2D eigenvalue weighted by Crippen LogP contribution is -2.56. The first-order chi connectivity index (χ1) is 14.4. The average Bonchev–Trinajstić information content (AvgIpc) is 2.72. The Hall–Kier alpha value is -2.03. The van der Waals surface area contributed by atoms with E-state index in [-0.39, 0.29) is 17.6 Å². The fourth-order valence-corrected chi connectivity index (χ4v) is 5.12. The van der Waals surface area contributed by atoms with Crippen LogP contribution in [0.25, 0.3) is 10.9 Å². The number of carboxylic acids is 1. The van der Waals surface area contributed by atoms with Gasteiger partial charge < -0.3 is 15.5 Å². The van der Waals surface area contributed by atoms with Gasteiger partial charge >= 0.3 is 5.97 Å². The number of aliphatic hydroxyl groups is 1. The second-order valence-electron chi connectivity index (χ2n) is 7.32. The summed E-state index contributed by atoms with van der Waals surface area (Å²) >= 11 is 13.7. The molecule has 1 aliphatic heterocycles. The quantitative estimate of drug-likeness (QED) is 0.340. The van der Waals surface area contributed by atoms with Crippen LogP contribution in [-0.4, -0.2) is 51.0 Å². The van der Waals surface area contributed by atoms with Crippen LogP contribution >= 0.6 is 35.1 Å². The molecule has 0 spiro atoms. The van der Waals surface area contributed by atoms with Crippen LogP contribution in [-0.2, 0) is 0 Å². The Morgan fingerprint density at radius 2 is 2.03 bits per heavy atom. The van der Waals surface area contributed by atoms with Crippen molar-refractivity contribution in [2.45, 2.75) is 4.90 Å². The number of fused-ring (bicyclic) bond motifs is 1. The van der Waals surface area contributed by atoms with Gasteiger partial charge in [0.15, 0.2) is 0 Å². The number of para-hydroxylation sites is 1. The maximum absolute atomic E-state index is 11.7. The van der Waals surface area contributed by atoms with Gasteiger partial charge in [0.05, 0.1) is 34.0 Å². The number of nitrogens with zero attached hydrogens (tertiary/aromatic N) is 2. The number of rotatable bonds is 7. The number of benzene rings is 2. The van der Waals surface area contributed by atoms with Crippen molar-refractivity contribution in [3.05, 3.63) is 59.2 Å². The molecule has 1 fully saturated rings. The number of aromatic nitrogens is 1. The van der Waals surface area contributed by atoms with Crippen LogP contribution in [0.1, 0.15) is 10.4 Å². The van der Waals surface area contributed by atoms with E-state index in [1.807, 2.05) is 12.1 Å². The summed E-state index contributed by atoms with van der Waals surface area (Å²) < 4.78 is 2.10. The van der Waals surface area contributed by atoms with Gasteiger partial charge in [-0.15, -0.1) is 11.6 Å². The first-order valence-corrected chi connectivity index (χ1v) is 10.9. The lowest BCUT2D eigenvalue weighted by molar-refractivity contribution is 0.0351. The minimum absolute atomic E-state index is 0.0379. The molecular formula is C21H19Cl2N3O3S. The number of nitrogens with one attached hydrogen (secondary N) is 1. The van der Waals surface area contributed by atoms with Gasteiger partial charge in [-0.05, 0) is 42.3 Å². The minimum atomic E-state index is -1.01. The highest BCUT2D eigenvalue weighted by atomic mass is 35.5. The van der Waals surface area contributed by atoms with Crippen LogP contribution in [0.3, 0.4) is 0 Å².